The minimum absolute atomic E-state index is 0.0449. The molecule has 2 aromatic heterocycles. The summed E-state index contributed by atoms with van der Waals surface area (Å²) >= 11 is 0. The van der Waals surface area contributed by atoms with Gasteiger partial charge in [0.25, 0.3) is 0 Å². The van der Waals surface area contributed by atoms with E-state index < -0.39 is 17.7 Å². The van der Waals surface area contributed by atoms with Gasteiger partial charge in [0.2, 0.25) is 11.8 Å². The van der Waals surface area contributed by atoms with Crippen LogP contribution in [0.2, 0.25) is 0 Å². The number of amides is 2. The van der Waals surface area contributed by atoms with Crippen LogP contribution >= 0.6 is 0 Å². The second kappa shape index (κ2) is 10.4. The van der Waals surface area contributed by atoms with E-state index in [2.05, 4.69) is 15.6 Å². The standard InChI is InChI=1S/C29H29N5O2/c1-18-12-13-23(17-24(18)27-19(2)8-6-14-31-27)33-29(36)26(20(3)30)28(35)32-22-10-5-9-21(16-22)25-11-7-15-34(25)4/h5-17,26,30H,1-4H3,(H,32,35)(H,33,36). The summed E-state index contributed by atoms with van der Waals surface area (Å²) in [7, 11) is 1.95. The Balaban J connectivity index is 1.54. The van der Waals surface area contributed by atoms with E-state index in [0.29, 0.717) is 11.4 Å². The molecular formula is C29H29N5O2. The number of carbonyl (C=O) groups excluding carboxylic acids is 2. The van der Waals surface area contributed by atoms with Crippen molar-refractivity contribution in [3.05, 3.63) is 90.3 Å². The summed E-state index contributed by atoms with van der Waals surface area (Å²) in [5.41, 5.74) is 6.76. The van der Waals surface area contributed by atoms with Gasteiger partial charge in [0, 0.05) is 53.3 Å². The van der Waals surface area contributed by atoms with Gasteiger partial charge >= 0.3 is 0 Å². The first-order valence-corrected chi connectivity index (χ1v) is 11.7. The Morgan fingerprint density at radius 3 is 2.25 bits per heavy atom. The summed E-state index contributed by atoms with van der Waals surface area (Å²) in [6.45, 7) is 5.43. The van der Waals surface area contributed by atoms with Gasteiger partial charge in [-0.25, -0.2) is 0 Å². The molecular weight excluding hydrogens is 450 g/mol. The minimum atomic E-state index is -1.27. The van der Waals surface area contributed by atoms with Crippen LogP contribution < -0.4 is 10.6 Å². The topological polar surface area (TPSA) is 99.9 Å². The molecule has 0 saturated carbocycles. The largest absolute Gasteiger partial charge is 0.351 e. The van der Waals surface area contributed by atoms with Gasteiger partial charge in [0.05, 0.1) is 5.69 Å². The number of aryl methyl sites for hydroxylation is 3. The molecule has 1 atom stereocenters. The number of rotatable bonds is 7. The van der Waals surface area contributed by atoms with Gasteiger partial charge < -0.3 is 20.6 Å². The Labute approximate surface area is 210 Å². The number of benzene rings is 2. The molecule has 2 amide bonds. The van der Waals surface area contributed by atoms with E-state index in [1.54, 1.807) is 18.3 Å². The van der Waals surface area contributed by atoms with Crippen LogP contribution in [0.25, 0.3) is 22.5 Å². The number of aromatic nitrogens is 2. The van der Waals surface area contributed by atoms with E-state index in [4.69, 9.17) is 5.41 Å². The maximum Gasteiger partial charge on any atom is 0.242 e. The second-order valence-electron chi connectivity index (χ2n) is 8.88. The predicted octanol–water partition coefficient (Wildman–Crippen LogP) is 5.60. The van der Waals surface area contributed by atoms with Crippen molar-refractivity contribution in [2.45, 2.75) is 20.8 Å². The van der Waals surface area contributed by atoms with Crippen molar-refractivity contribution >= 4 is 28.9 Å². The Kier molecular flexibility index (Phi) is 7.10. The molecule has 4 rings (SSSR count). The van der Waals surface area contributed by atoms with Crippen LogP contribution in [-0.2, 0) is 16.6 Å². The average Bonchev–Trinajstić information content (AvgIpc) is 3.26. The van der Waals surface area contributed by atoms with Crippen molar-refractivity contribution in [3.63, 3.8) is 0 Å². The smallest absolute Gasteiger partial charge is 0.242 e. The zero-order chi connectivity index (χ0) is 25.8. The molecule has 7 nitrogen and oxygen atoms in total. The van der Waals surface area contributed by atoms with Gasteiger partial charge in [-0.05, 0) is 74.4 Å². The number of pyridine rings is 1. The van der Waals surface area contributed by atoms with Crippen LogP contribution in [0.3, 0.4) is 0 Å². The van der Waals surface area contributed by atoms with Crippen LogP contribution in [0.1, 0.15) is 18.1 Å². The van der Waals surface area contributed by atoms with Crippen molar-refractivity contribution < 1.29 is 9.59 Å². The summed E-state index contributed by atoms with van der Waals surface area (Å²) in [6.07, 6.45) is 3.68. The number of carbonyl (C=O) groups is 2. The van der Waals surface area contributed by atoms with Crippen molar-refractivity contribution in [1.29, 1.82) is 5.41 Å². The molecule has 2 aromatic carbocycles. The molecule has 0 aliphatic heterocycles. The first-order valence-electron chi connectivity index (χ1n) is 11.7. The molecule has 0 bridgehead atoms. The monoisotopic (exact) mass is 479 g/mol. The lowest BCUT2D eigenvalue weighted by molar-refractivity contribution is -0.126. The third kappa shape index (κ3) is 5.25. The molecule has 36 heavy (non-hydrogen) atoms. The summed E-state index contributed by atoms with van der Waals surface area (Å²) in [5.74, 6) is -2.40. The van der Waals surface area contributed by atoms with E-state index in [1.807, 2.05) is 86.3 Å². The molecule has 4 aromatic rings. The zero-order valence-electron chi connectivity index (χ0n) is 20.8. The second-order valence-corrected chi connectivity index (χ2v) is 8.88. The number of nitrogens with one attached hydrogen (secondary N) is 3. The van der Waals surface area contributed by atoms with E-state index in [9.17, 15) is 9.59 Å². The van der Waals surface area contributed by atoms with Crippen LogP contribution in [0.15, 0.2) is 79.1 Å². The molecule has 0 fully saturated rings. The highest BCUT2D eigenvalue weighted by atomic mass is 16.2. The Hall–Kier alpha value is -4.52. The van der Waals surface area contributed by atoms with Crippen molar-refractivity contribution in [3.8, 4) is 22.5 Å². The van der Waals surface area contributed by atoms with Crippen LogP contribution in [0.4, 0.5) is 11.4 Å². The van der Waals surface area contributed by atoms with E-state index in [1.165, 1.54) is 6.92 Å². The fourth-order valence-electron chi connectivity index (χ4n) is 4.18. The van der Waals surface area contributed by atoms with Crippen LogP contribution in [0.5, 0.6) is 0 Å². The van der Waals surface area contributed by atoms with Gasteiger partial charge in [-0.3, -0.25) is 14.6 Å². The lowest BCUT2D eigenvalue weighted by Crippen LogP contribution is -2.38. The minimum Gasteiger partial charge on any atom is -0.351 e. The molecule has 182 valence electrons. The van der Waals surface area contributed by atoms with Gasteiger partial charge in [-0.1, -0.05) is 24.3 Å². The summed E-state index contributed by atoms with van der Waals surface area (Å²) in [5, 5.41) is 13.8. The highest BCUT2D eigenvalue weighted by Crippen LogP contribution is 2.28. The SMILES string of the molecule is CC(=N)C(C(=O)Nc1cccc(-c2cccn2C)c1)C(=O)Nc1ccc(C)c(-c2ncccc2C)c1. The van der Waals surface area contributed by atoms with Crippen LogP contribution in [0, 0.1) is 25.2 Å². The summed E-state index contributed by atoms with van der Waals surface area (Å²) in [4.78, 5) is 30.7. The fourth-order valence-corrected chi connectivity index (χ4v) is 4.18. The number of anilines is 2. The lowest BCUT2D eigenvalue weighted by Gasteiger charge is -2.17. The van der Waals surface area contributed by atoms with Gasteiger partial charge in [-0.15, -0.1) is 0 Å². The van der Waals surface area contributed by atoms with E-state index in [-0.39, 0.29) is 5.71 Å². The normalized spacial score (nSPS) is 11.6. The number of hydrogen-bond donors (Lipinski definition) is 3. The maximum atomic E-state index is 13.2. The Morgan fingerprint density at radius 2 is 1.61 bits per heavy atom. The average molecular weight is 480 g/mol. The van der Waals surface area contributed by atoms with Crippen LogP contribution in [-0.4, -0.2) is 27.1 Å². The molecule has 0 saturated heterocycles. The quantitative estimate of drug-likeness (QED) is 0.237. The van der Waals surface area contributed by atoms with E-state index >= 15 is 0 Å². The van der Waals surface area contributed by atoms with Crippen molar-refractivity contribution in [2.24, 2.45) is 13.0 Å². The molecule has 1 unspecified atom stereocenters. The lowest BCUT2D eigenvalue weighted by atomic mass is 9.99. The molecule has 0 aliphatic carbocycles. The summed E-state index contributed by atoms with van der Waals surface area (Å²) < 4.78 is 1.99. The molecule has 0 radical (unpaired) electrons. The van der Waals surface area contributed by atoms with Gasteiger partial charge in [-0.2, -0.15) is 0 Å². The molecule has 0 spiro atoms. The maximum absolute atomic E-state index is 13.2. The van der Waals surface area contributed by atoms with Gasteiger partial charge in [0.15, 0.2) is 5.92 Å². The zero-order valence-corrected chi connectivity index (χ0v) is 20.8. The molecule has 3 N–H and O–H groups in total. The van der Waals surface area contributed by atoms with E-state index in [0.717, 1.165) is 33.6 Å². The first-order chi connectivity index (χ1) is 17.2. The van der Waals surface area contributed by atoms with Gasteiger partial charge in [0.1, 0.15) is 0 Å². The number of nitrogens with zero attached hydrogens (tertiary/aromatic N) is 2. The Morgan fingerprint density at radius 1 is 0.889 bits per heavy atom. The molecule has 7 heteroatoms. The van der Waals surface area contributed by atoms with Crippen molar-refractivity contribution in [1.82, 2.24) is 9.55 Å². The Bertz CT molecular complexity index is 1450. The fraction of sp³-hybridized carbons (Fsp3) is 0.172. The third-order valence-electron chi connectivity index (χ3n) is 6.10. The highest BCUT2D eigenvalue weighted by Gasteiger charge is 2.29. The van der Waals surface area contributed by atoms with Crippen molar-refractivity contribution in [2.75, 3.05) is 10.6 Å². The molecule has 2 heterocycles. The number of hydrogen-bond acceptors (Lipinski definition) is 4. The third-order valence-corrected chi connectivity index (χ3v) is 6.10. The predicted molar refractivity (Wildman–Crippen MR) is 144 cm³/mol. The summed E-state index contributed by atoms with van der Waals surface area (Å²) in [6, 6.07) is 20.7. The highest BCUT2D eigenvalue weighted by molar-refractivity contribution is 6.24. The first kappa shape index (κ1) is 24.6. The molecule has 0 aliphatic rings.